The standard InChI is InChI=1S/C18H28FN5O/c1-12-17(13(2)22-21-12)20-18(25)14(3)23-8-10-24(11-9-23)16-6-4-15(19)5-7-16/h4-7,12-14,17,21-22H,8-11H2,1-3H3,(H,20,25). The maximum atomic E-state index is 13.1. The fourth-order valence-electron chi connectivity index (χ4n) is 3.60. The van der Waals surface area contributed by atoms with Crippen molar-refractivity contribution in [3.63, 3.8) is 0 Å². The van der Waals surface area contributed by atoms with Crippen molar-refractivity contribution >= 4 is 11.6 Å². The molecule has 2 aliphatic heterocycles. The van der Waals surface area contributed by atoms with E-state index in [1.165, 1.54) is 12.1 Å². The third-order valence-corrected chi connectivity index (χ3v) is 5.36. The average Bonchev–Trinajstić information content (AvgIpc) is 2.94. The highest BCUT2D eigenvalue weighted by Gasteiger charge is 2.33. The van der Waals surface area contributed by atoms with E-state index in [1.807, 2.05) is 19.1 Å². The molecule has 0 bridgehead atoms. The normalized spacial score (nSPS) is 28.8. The van der Waals surface area contributed by atoms with Crippen molar-refractivity contribution in [3.05, 3.63) is 30.1 Å². The molecule has 1 aromatic carbocycles. The van der Waals surface area contributed by atoms with Crippen molar-refractivity contribution in [2.45, 2.75) is 44.9 Å². The lowest BCUT2D eigenvalue weighted by Crippen LogP contribution is -2.57. The number of carbonyl (C=O) groups excluding carboxylic acids is 1. The molecule has 2 saturated heterocycles. The summed E-state index contributed by atoms with van der Waals surface area (Å²) >= 11 is 0. The predicted molar refractivity (Wildman–Crippen MR) is 96.8 cm³/mol. The van der Waals surface area contributed by atoms with Gasteiger partial charge in [-0.3, -0.25) is 20.5 Å². The largest absolute Gasteiger partial charge is 0.369 e. The lowest BCUT2D eigenvalue weighted by atomic mass is 10.1. The maximum Gasteiger partial charge on any atom is 0.237 e. The van der Waals surface area contributed by atoms with Crippen LogP contribution in [0.4, 0.5) is 10.1 Å². The number of benzene rings is 1. The first-order chi connectivity index (χ1) is 12.0. The first kappa shape index (κ1) is 18.1. The van der Waals surface area contributed by atoms with E-state index in [0.717, 1.165) is 31.9 Å². The second-order valence-corrected chi connectivity index (χ2v) is 7.08. The molecule has 3 N–H and O–H groups in total. The molecule has 0 aromatic heterocycles. The van der Waals surface area contributed by atoms with Crippen LogP contribution in [-0.4, -0.2) is 61.2 Å². The molecule has 6 nitrogen and oxygen atoms in total. The van der Waals surface area contributed by atoms with Crippen molar-refractivity contribution < 1.29 is 9.18 Å². The quantitative estimate of drug-likeness (QED) is 0.747. The zero-order valence-electron chi connectivity index (χ0n) is 15.1. The molecule has 3 rings (SSSR count). The van der Waals surface area contributed by atoms with Crippen molar-refractivity contribution in [1.82, 2.24) is 21.1 Å². The number of carbonyl (C=O) groups is 1. The molecular weight excluding hydrogens is 321 g/mol. The molecule has 1 aromatic rings. The lowest BCUT2D eigenvalue weighted by Gasteiger charge is -2.39. The Morgan fingerprint density at radius 2 is 1.68 bits per heavy atom. The van der Waals surface area contributed by atoms with Gasteiger partial charge in [-0.1, -0.05) is 0 Å². The highest BCUT2D eigenvalue weighted by molar-refractivity contribution is 5.81. The molecular formula is C18H28FN5O. The van der Waals surface area contributed by atoms with Crippen molar-refractivity contribution in [1.29, 1.82) is 0 Å². The van der Waals surface area contributed by atoms with E-state index >= 15 is 0 Å². The summed E-state index contributed by atoms with van der Waals surface area (Å²) in [6, 6.07) is 6.95. The van der Waals surface area contributed by atoms with Crippen LogP contribution in [0, 0.1) is 5.82 Å². The Kier molecular flexibility index (Phi) is 5.56. The van der Waals surface area contributed by atoms with Crippen molar-refractivity contribution in [2.24, 2.45) is 0 Å². The van der Waals surface area contributed by atoms with Gasteiger partial charge < -0.3 is 10.2 Å². The molecule has 0 saturated carbocycles. The summed E-state index contributed by atoms with van der Waals surface area (Å²) in [4.78, 5) is 17.1. The Balaban J connectivity index is 1.51. The Bertz CT molecular complexity index is 578. The van der Waals surface area contributed by atoms with E-state index in [4.69, 9.17) is 0 Å². The van der Waals surface area contributed by atoms with Gasteiger partial charge in [0.25, 0.3) is 0 Å². The van der Waals surface area contributed by atoms with Gasteiger partial charge in [-0.15, -0.1) is 0 Å². The SMILES string of the molecule is CC1NNC(C)C1NC(=O)C(C)N1CCN(c2ccc(F)cc2)CC1. The van der Waals surface area contributed by atoms with Crippen LogP contribution in [0.25, 0.3) is 0 Å². The lowest BCUT2D eigenvalue weighted by molar-refractivity contribution is -0.126. The second-order valence-electron chi connectivity index (χ2n) is 7.08. The van der Waals surface area contributed by atoms with Gasteiger partial charge in [-0.2, -0.15) is 0 Å². The molecule has 2 fully saturated rings. The van der Waals surface area contributed by atoms with Crippen LogP contribution in [0.2, 0.25) is 0 Å². The molecule has 1 amide bonds. The molecule has 2 heterocycles. The summed E-state index contributed by atoms with van der Waals surface area (Å²) in [5.74, 6) is -0.142. The van der Waals surface area contributed by atoms with E-state index in [0.29, 0.717) is 0 Å². The maximum absolute atomic E-state index is 13.1. The van der Waals surface area contributed by atoms with Gasteiger partial charge in [0.2, 0.25) is 5.91 Å². The predicted octanol–water partition coefficient (Wildman–Crippen LogP) is 0.706. The molecule has 3 unspecified atom stereocenters. The fourth-order valence-corrected chi connectivity index (χ4v) is 3.60. The number of hydrogen-bond donors (Lipinski definition) is 3. The molecule has 2 aliphatic rings. The molecule has 3 atom stereocenters. The Labute approximate surface area is 148 Å². The summed E-state index contributed by atoms with van der Waals surface area (Å²) in [5.41, 5.74) is 7.35. The number of hydrogen-bond acceptors (Lipinski definition) is 5. The first-order valence-corrected chi connectivity index (χ1v) is 9.01. The van der Waals surface area contributed by atoms with Gasteiger partial charge in [0.15, 0.2) is 0 Å². The van der Waals surface area contributed by atoms with Gasteiger partial charge in [-0.05, 0) is 45.0 Å². The van der Waals surface area contributed by atoms with Crippen LogP contribution in [0.5, 0.6) is 0 Å². The summed E-state index contributed by atoms with van der Waals surface area (Å²) in [5, 5.41) is 3.16. The zero-order chi connectivity index (χ0) is 18.0. The molecule has 0 radical (unpaired) electrons. The summed E-state index contributed by atoms with van der Waals surface area (Å²) in [6.45, 7) is 9.40. The number of hydrazine groups is 1. The molecule has 7 heteroatoms. The third-order valence-electron chi connectivity index (χ3n) is 5.36. The second kappa shape index (κ2) is 7.68. The van der Waals surface area contributed by atoms with Crippen LogP contribution in [0.1, 0.15) is 20.8 Å². The minimum atomic E-state index is -0.216. The average molecular weight is 349 g/mol. The van der Waals surface area contributed by atoms with Gasteiger partial charge in [-0.25, -0.2) is 4.39 Å². The highest BCUT2D eigenvalue weighted by Crippen LogP contribution is 2.18. The number of nitrogens with zero attached hydrogens (tertiary/aromatic N) is 2. The van der Waals surface area contributed by atoms with Gasteiger partial charge in [0, 0.05) is 44.0 Å². The van der Waals surface area contributed by atoms with E-state index < -0.39 is 0 Å². The summed E-state index contributed by atoms with van der Waals surface area (Å²) < 4.78 is 13.1. The van der Waals surface area contributed by atoms with Gasteiger partial charge in [0.05, 0.1) is 12.1 Å². The Morgan fingerprint density at radius 3 is 2.24 bits per heavy atom. The number of rotatable bonds is 4. The van der Waals surface area contributed by atoms with Crippen LogP contribution in [-0.2, 0) is 4.79 Å². The summed E-state index contributed by atoms with van der Waals surface area (Å²) in [7, 11) is 0. The van der Waals surface area contributed by atoms with E-state index in [2.05, 4.69) is 39.8 Å². The molecule has 138 valence electrons. The van der Waals surface area contributed by atoms with Gasteiger partial charge in [0.1, 0.15) is 5.82 Å². The summed E-state index contributed by atoms with van der Waals surface area (Å²) in [6.07, 6.45) is 0. The molecule has 25 heavy (non-hydrogen) atoms. The Morgan fingerprint density at radius 1 is 1.12 bits per heavy atom. The minimum absolute atomic E-state index is 0.0735. The van der Waals surface area contributed by atoms with Gasteiger partial charge >= 0.3 is 0 Å². The van der Waals surface area contributed by atoms with E-state index in [9.17, 15) is 9.18 Å². The first-order valence-electron chi connectivity index (χ1n) is 9.01. The van der Waals surface area contributed by atoms with Crippen LogP contribution < -0.4 is 21.1 Å². The highest BCUT2D eigenvalue weighted by atomic mass is 19.1. The number of nitrogens with one attached hydrogen (secondary N) is 3. The van der Waals surface area contributed by atoms with Crippen molar-refractivity contribution in [2.75, 3.05) is 31.1 Å². The number of halogens is 1. The topological polar surface area (TPSA) is 59.6 Å². The van der Waals surface area contributed by atoms with E-state index in [-0.39, 0.29) is 35.9 Å². The minimum Gasteiger partial charge on any atom is -0.369 e. The number of piperazine rings is 1. The van der Waals surface area contributed by atoms with Crippen LogP contribution >= 0.6 is 0 Å². The van der Waals surface area contributed by atoms with Crippen molar-refractivity contribution in [3.8, 4) is 0 Å². The zero-order valence-corrected chi connectivity index (χ0v) is 15.1. The van der Waals surface area contributed by atoms with E-state index in [1.54, 1.807) is 0 Å². The molecule has 0 aliphatic carbocycles. The Hall–Kier alpha value is -1.70. The number of amides is 1. The smallest absolute Gasteiger partial charge is 0.237 e. The third kappa shape index (κ3) is 4.11. The fraction of sp³-hybridized carbons (Fsp3) is 0.611. The van der Waals surface area contributed by atoms with Crippen LogP contribution in [0.3, 0.4) is 0 Å². The van der Waals surface area contributed by atoms with Crippen LogP contribution in [0.15, 0.2) is 24.3 Å². The number of anilines is 1. The molecule has 0 spiro atoms. The monoisotopic (exact) mass is 349 g/mol.